The van der Waals surface area contributed by atoms with E-state index in [9.17, 15) is 4.79 Å². The van der Waals surface area contributed by atoms with Gasteiger partial charge in [-0.15, -0.1) is 0 Å². The molecule has 3 aromatic carbocycles. The minimum absolute atomic E-state index is 0.360. The molecule has 1 amide bonds. The average molecular weight is 331 g/mol. The van der Waals surface area contributed by atoms with Crippen LogP contribution in [0.5, 0.6) is 0 Å². The van der Waals surface area contributed by atoms with Gasteiger partial charge < -0.3 is 0 Å². The van der Waals surface area contributed by atoms with E-state index in [2.05, 4.69) is 35.3 Å². The second kappa shape index (κ2) is 7.42. The molecule has 0 aromatic heterocycles. The van der Waals surface area contributed by atoms with Gasteiger partial charge in [0.1, 0.15) is 0 Å². The number of carbonyl (C=O) groups is 1. The normalized spacial score (nSPS) is 10.8. The van der Waals surface area contributed by atoms with Crippen molar-refractivity contribution in [2.24, 2.45) is 5.10 Å². The van der Waals surface area contributed by atoms with Crippen molar-refractivity contribution in [3.8, 4) is 0 Å². The van der Waals surface area contributed by atoms with Gasteiger partial charge >= 0.3 is 0 Å². The highest BCUT2D eigenvalue weighted by Gasteiger charge is 2.04. The van der Waals surface area contributed by atoms with Gasteiger partial charge in [-0.1, -0.05) is 61.2 Å². The van der Waals surface area contributed by atoms with Crippen LogP contribution in [-0.2, 0) is 0 Å². The Morgan fingerprint density at radius 3 is 2.40 bits per heavy atom. The smallest absolute Gasteiger partial charge is 0.274 e. The summed E-state index contributed by atoms with van der Waals surface area (Å²) in [5.74, 6) is -0.556. The molecular formula is C20H17N3O2. The van der Waals surface area contributed by atoms with Gasteiger partial charge in [0.15, 0.2) is 0 Å². The van der Waals surface area contributed by atoms with Crippen molar-refractivity contribution in [2.45, 2.75) is 0 Å². The minimum Gasteiger partial charge on any atom is -0.288 e. The molecule has 0 aliphatic rings. The highest BCUT2D eigenvalue weighted by atomic mass is 16.5. The third kappa shape index (κ3) is 3.73. The molecule has 0 heterocycles. The highest BCUT2D eigenvalue weighted by Crippen LogP contribution is 2.17. The third-order valence-electron chi connectivity index (χ3n) is 3.82. The third-order valence-corrected chi connectivity index (χ3v) is 3.82. The van der Waals surface area contributed by atoms with Crippen molar-refractivity contribution in [3.05, 3.63) is 90.0 Å². The van der Waals surface area contributed by atoms with Gasteiger partial charge in [0, 0.05) is 11.1 Å². The summed E-state index contributed by atoms with van der Waals surface area (Å²) in [4.78, 5) is 11.3. The molecule has 0 saturated heterocycles. The molecule has 0 aliphatic carbocycles. The topological polar surface area (TPSA) is 73.7 Å². The molecule has 5 heteroatoms. The maximum absolute atomic E-state index is 11.3. The fraction of sp³-hybridized carbons (Fsp3) is 0. The molecule has 0 aliphatic heterocycles. The predicted octanol–water partition coefficient (Wildman–Crippen LogP) is 3.55. The quantitative estimate of drug-likeness (QED) is 0.380. The molecule has 3 N–H and O–H groups in total. The number of hydrazone groups is 1. The van der Waals surface area contributed by atoms with Gasteiger partial charge in [-0.05, 0) is 28.5 Å². The van der Waals surface area contributed by atoms with E-state index in [-0.39, 0.29) is 0 Å². The molecule has 3 aromatic rings. The van der Waals surface area contributed by atoms with E-state index in [0.717, 1.165) is 21.9 Å². The molecule has 0 unspecified atom stereocenters. The second-order valence-corrected chi connectivity index (χ2v) is 5.44. The molecule has 0 radical (unpaired) electrons. The van der Waals surface area contributed by atoms with Crippen LogP contribution < -0.4 is 10.9 Å². The SMILES string of the molecule is C=C(N/N=C/c1cccc2ccccc12)c1ccc(C(=O)NO)cc1. The lowest BCUT2D eigenvalue weighted by Crippen LogP contribution is -2.18. The number of rotatable bonds is 5. The zero-order valence-electron chi connectivity index (χ0n) is 13.4. The summed E-state index contributed by atoms with van der Waals surface area (Å²) in [6.45, 7) is 3.94. The summed E-state index contributed by atoms with van der Waals surface area (Å²) in [5.41, 5.74) is 7.26. The summed E-state index contributed by atoms with van der Waals surface area (Å²) in [5, 5.41) is 15.1. The molecule has 0 fully saturated rings. The first kappa shape index (κ1) is 16.4. The van der Waals surface area contributed by atoms with Crippen LogP contribution >= 0.6 is 0 Å². The van der Waals surface area contributed by atoms with Crippen molar-refractivity contribution < 1.29 is 10.0 Å². The van der Waals surface area contributed by atoms with E-state index < -0.39 is 5.91 Å². The van der Waals surface area contributed by atoms with E-state index in [1.54, 1.807) is 36.0 Å². The highest BCUT2D eigenvalue weighted by molar-refractivity contribution is 5.99. The Balaban J connectivity index is 1.71. The van der Waals surface area contributed by atoms with Gasteiger partial charge in [0.25, 0.3) is 5.91 Å². The molecule has 0 saturated carbocycles. The van der Waals surface area contributed by atoms with Crippen LogP contribution in [0.15, 0.2) is 78.4 Å². The Labute approximate surface area is 145 Å². The van der Waals surface area contributed by atoms with Gasteiger partial charge in [-0.2, -0.15) is 5.10 Å². The first-order chi connectivity index (χ1) is 12.2. The van der Waals surface area contributed by atoms with Gasteiger partial charge in [0.05, 0.1) is 11.9 Å². The predicted molar refractivity (Wildman–Crippen MR) is 99.4 cm³/mol. The van der Waals surface area contributed by atoms with Crippen LogP contribution in [0.1, 0.15) is 21.5 Å². The molecular weight excluding hydrogens is 314 g/mol. The van der Waals surface area contributed by atoms with E-state index in [4.69, 9.17) is 5.21 Å². The molecule has 0 spiro atoms. The van der Waals surface area contributed by atoms with Crippen LogP contribution in [0.2, 0.25) is 0 Å². The Bertz CT molecular complexity index is 941. The van der Waals surface area contributed by atoms with Crippen LogP contribution in [-0.4, -0.2) is 17.3 Å². The lowest BCUT2D eigenvalue weighted by Gasteiger charge is -2.06. The number of benzene rings is 3. The van der Waals surface area contributed by atoms with E-state index >= 15 is 0 Å². The summed E-state index contributed by atoms with van der Waals surface area (Å²) in [6, 6.07) is 20.8. The van der Waals surface area contributed by atoms with Crippen molar-refractivity contribution in [2.75, 3.05) is 0 Å². The Morgan fingerprint density at radius 1 is 0.960 bits per heavy atom. The number of carbonyl (C=O) groups excluding carboxylic acids is 1. The summed E-state index contributed by atoms with van der Waals surface area (Å²) in [6.07, 6.45) is 1.75. The van der Waals surface area contributed by atoms with Gasteiger partial charge in [0.2, 0.25) is 0 Å². The fourth-order valence-electron chi connectivity index (χ4n) is 2.49. The molecule has 0 atom stereocenters. The first-order valence-electron chi connectivity index (χ1n) is 7.69. The first-order valence-corrected chi connectivity index (χ1v) is 7.69. The lowest BCUT2D eigenvalue weighted by atomic mass is 10.1. The maximum atomic E-state index is 11.3. The Kier molecular flexibility index (Phi) is 4.87. The average Bonchev–Trinajstić information content (AvgIpc) is 2.67. The largest absolute Gasteiger partial charge is 0.288 e. The van der Waals surface area contributed by atoms with E-state index in [0.29, 0.717) is 11.3 Å². The lowest BCUT2D eigenvalue weighted by molar-refractivity contribution is 0.0706. The van der Waals surface area contributed by atoms with E-state index in [1.165, 1.54) is 0 Å². The van der Waals surface area contributed by atoms with Crippen molar-refractivity contribution >= 4 is 28.6 Å². The molecule has 25 heavy (non-hydrogen) atoms. The summed E-state index contributed by atoms with van der Waals surface area (Å²) < 4.78 is 0. The van der Waals surface area contributed by atoms with Crippen LogP contribution in [0.25, 0.3) is 16.5 Å². The number of hydrogen-bond acceptors (Lipinski definition) is 4. The molecule has 3 rings (SSSR count). The standard InChI is InChI=1S/C20H17N3O2/c1-14(15-9-11-17(12-10-15)20(24)23-25)22-21-13-18-7-4-6-16-5-2-3-8-19(16)18/h2-13,22,25H,1H2,(H,23,24)/b21-13+. The van der Waals surface area contributed by atoms with Crippen molar-refractivity contribution in [1.82, 2.24) is 10.9 Å². The minimum atomic E-state index is -0.556. The Hall–Kier alpha value is -3.44. The number of fused-ring (bicyclic) bond motifs is 1. The molecule has 0 bridgehead atoms. The zero-order chi connectivity index (χ0) is 17.6. The second-order valence-electron chi connectivity index (χ2n) is 5.44. The Morgan fingerprint density at radius 2 is 1.64 bits per heavy atom. The zero-order valence-corrected chi connectivity index (χ0v) is 13.4. The van der Waals surface area contributed by atoms with Crippen molar-refractivity contribution in [1.29, 1.82) is 0 Å². The number of amides is 1. The van der Waals surface area contributed by atoms with E-state index in [1.807, 2.05) is 24.3 Å². The molecule has 124 valence electrons. The van der Waals surface area contributed by atoms with Crippen LogP contribution in [0.4, 0.5) is 0 Å². The summed E-state index contributed by atoms with van der Waals surface area (Å²) >= 11 is 0. The van der Waals surface area contributed by atoms with Gasteiger partial charge in [-0.25, -0.2) is 5.48 Å². The summed E-state index contributed by atoms with van der Waals surface area (Å²) in [7, 11) is 0. The van der Waals surface area contributed by atoms with Crippen LogP contribution in [0.3, 0.4) is 0 Å². The number of hydroxylamine groups is 1. The van der Waals surface area contributed by atoms with Crippen molar-refractivity contribution in [3.63, 3.8) is 0 Å². The monoisotopic (exact) mass is 331 g/mol. The fourth-order valence-corrected chi connectivity index (χ4v) is 2.49. The molecule has 5 nitrogen and oxygen atoms in total. The number of hydrogen-bond donors (Lipinski definition) is 3. The maximum Gasteiger partial charge on any atom is 0.274 e. The van der Waals surface area contributed by atoms with Gasteiger partial charge in [-0.3, -0.25) is 15.4 Å². The number of nitrogens with one attached hydrogen (secondary N) is 2. The van der Waals surface area contributed by atoms with Crippen LogP contribution in [0, 0.1) is 0 Å². The number of nitrogens with zero attached hydrogens (tertiary/aromatic N) is 1.